The molecule has 0 aliphatic heterocycles. The van der Waals surface area contributed by atoms with Gasteiger partial charge in [0.25, 0.3) is 0 Å². The van der Waals surface area contributed by atoms with Gasteiger partial charge in [-0.15, -0.1) is 0 Å². The Balaban J connectivity index is 1.47. The standard InChI is InChI=1S/C43H38N2O6/c1-48-28-13-15-30-32(23-28)42(19-17-38(46)50-3,34-21-26-9-5-7-11-36(26)44-40(30)34)25-43(20-18-39(47)51-4)33-24-29(49-2)14-16-31(33)41-35(43)22-27-10-6-8-12-37(27)45-41/h5-16,21-24H,17-20,25H2,1-4H3. The highest BCUT2D eigenvalue weighted by Crippen LogP contribution is 2.63. The molecule has 51 heavy (non-hydrogen) atoms. The monoisotopic (exact) mass is 678 g/mol. The van der Waals surface area contributed by atoms with Gasteiger partial charge in [-0.05, 0) is 102 Å². The Labute approximate surface area is 296 Å². The Bertz CT molecular complexity index is 2210. The molecule has 256 valence electrons. The highest BCUT2D eigenvalue weighted by molar-refractivity contribution is 5.91. The lowest BCUT2D eigenvalue weighted by Gasteiger charge is -2.42. The summed E-state index contributed by atoms with van der Waals surface area (Å²) < 4.78 is 22.2. The van der Waals surface area contributed by atoms with E-state index in [4.69, 9.17) is 28.9 Å². The molecular weight excluding hydrogens is 640 g/mol. The lowest BCUT2D eigenvalue weighted by atomic mass is 9.59. The van der Waals surface area contributed by atoms with Gasteiger partial charge in [-0.2, -0.15) is 0 Å². The van der Waals surface area contributed by atoms with Gasteiger partial charge in [0.05, 0.1) is 50.9 Å². The third-order valence-corrected chi connectivity index (χ3v) is 11.0. The molecular formula is C43H38N2O6. The fourth-order valence-corrected chi connectivity index (χ4v) is 8.61. The first-order valence-corrected chi connectivity index (χ1v) is 17.2. The van der Waals surface area contributed by atoms with E-state index in [9.17, 15) is 9.59 Å². The molecule has 2 heterocycles. The van der Waals surface area contributed by atoms with Crippen LogP contribution >= 0.6 is 0 Å². The highest BCUT2D eigenvalue weighted by Gasteiger charge is 2.54. The first-order chi connectivity index (χ1) is 24.8. The van der Waals surface area contributed by atoms with E-state index in [1.807, 2.05) is 48.5 Å². The summed E-state index contributed by atoms with van der Waals surface area (Å²) in [6.07, 6.45) is 1.69. The maximum atomic E-state index is 13.1. The molecule has 8 nitrogen and oxygen atoms in total. The third-order valence-electron chi connectivity index (χ3n) is 11.0. The number of hydrogen-bond acceptors (Lipinski definition) is 8. The molecule has 2 aliphatic rings. The largest absolute Gasteiger partial charge is 0.497 e. The van der Waals surface area contributed by atoms with E-state index in [0.29, 0.717) is 30.8 Å². The van der Waals surface area contributed by atoms with Crippen LogP contribution in [0.25, 0.3) is 44.3 Å². The van der Waals surface area contributed by atoms with E-state index in [2.05, 4.69) is 48.5 Å². The minimum atomic E-state index is -0.770. The third kappa shape index (κ3) is 5.11. The van der Waals surface area contributed by atoms with Crippen LogP contribution in [0, 0.1) is 0 Å². The summed E-state index contributed by atoms with van der Waals surface area (Å²) >= 11 is 0. The molecule has 0 saturated heterocycles. The smallest absolute Gasteiger partial charge is 0.305 e. The molecule has 8 heteroatoms. The molecule has 0 radical (unpaired) electrons. The molecule has 0 spiro atoms. The molecule has 0 bridgehead atoms. The Hall–Kier alpha value is -5.76. The second kappa shape index (κ2) is 12.5. The number of hydrogen-bond donors (Lipinski definition) is 0. The number of nitrogens with zero attached hydrogens (tertiary/aromatic N) is 2. The van der Waals surface area contributed by atoms with Crippen LogP contribution in [0.5, 0.6) is 11.5 Å². The van der Waals surface area contributed by atoms with Crippen molar-refractivity contribution in [2.75, 3.05) is 28.4 Å². The summed E-state index contributed by atoms with van der Waals surface area (Å²) in [6.45, 7) is 0. The van der Waals surface area contributed by atoms with Crippen LogP contribution in [-0.4, -0.2) is 50.3 Å². The van der Waals surface area contributed by atoms with Gasteiger partial charge in [0.2, 0.25) is 0 Å². The molecule has 0 fully saturated rings. The van der Waals surface area contributed by atoms with E-state index in [1.54, 1.807) is 14.2 Å². The van der Waals surface area contributed by atoms with Gasteiger partial charge in [0.1, 0.15) is 11.5 Å². The van der Waals surface area contributed by atoms with Crippen molar-refractivity contribution in [2.45, 2.75) is 42.9 Å². The average molecular weight is 679 g/mol. The maximum absolute atomic E-state index is 13.1. The van der Waals surface area contributed by atoms with Crippen molar-refractivity contribution in [1.29, 1.82) is 0 Å². The highest BCUT2D eigenvalue weighted by atomic mass is 16.5. The lowest BCUT2D eigenvalue weighted by molar-refractivity contribution is -0.141. The van der Waals surface area contributed by atoms with Crippen LogP contribution in [0.3, 0.4) is 0 Å². The number of esters is 2. The molecule has 4 aromatic carbocycles. The van der Waals surface area contributed by atoms with Crippen molar-refractivity contribution < 1.29 is 28.5 Å². The van der Waals surface area contributed by atoms with Crippen LogP contribution in [0.15, 0.2) is 97.1 Å². The van der Waals surface area contributed by atoms with Gasteiger partial charge in [-0.3, -0.25) is 9.59 Å². The SMILES string of the molecule is COC(=O)CCC1(CC2(CCC(=O)OC)c3cc(OC)ccc3-c3nc4ccccc4cc32)c2cc(OC)ccc2-c2nc3ccccc3cc21. The number of methoxy groups -OCH3 is 4. The van der Waals surface area contributed by atoms with Crippen molar-refractivity contribution in [1.82, 2.24) is 9.97 Å². The van der Waals surface area contributed by atoms with E-state index in [0.717, 1.165) is 66.6 Å². The van der Waals surface area contributed by atoms with Crippen LogP contribution in [0.2, 0.25) is 0 Å². The summed E-state index contributed by atoms with van der Waals surface area (Å²) in [4.78, 5) is 36.8. The molecule has 0 saturated carbocycles. The quantitative estimate of drug-likeness (QED) is 0.134. The molecule has 2 aromatic heterocycles. The Kier molecular flexibility index (Phi) is 7.97. The summed E-state index contributed by atoms with van der Waals surface area (Å²) in [5, 5.41) is 2.01. The van der Waals surface area contributed by atoms with Crippen LogP contribution in [0.4, 0.5) is 0 Å². The maximum Gasteiger partial charge on any atom is 0.305 e. The number of fused-ring (bicyclic) bond motifs is 8. The molecule has 2 atom stereocenters. The van der Waals surface area contributed by atoms with Crippen molar-refractivity contribution >= 4 is 33.7 Å². The topological polar surface area (TPSA) is 96.8 Å². The summed E-state index contributed by atoms with van der Waals surface area (Å²) in [5.74, 6) is 0.815. The zero-order valence-corrected chi connectivity index (χ0v) is 29.1. The predicted octanol–water partition coefficient (Wildman–Crippen LogP) is 8.33. The van der Waals surface area contributed by atoms with E-state index in [1.165, 1.54) is 14.2 Å². The number of carbonyl (C=O) groups excluding carboxylic acids is 2. The van der Waals surface area contributed by atoms with Gasteiger partial charge >= 0.3 is 11.9 Å². The molecule has 2 unspecified atom stereocenters. The van der Waals surface area contributed by atoms with Crippen LogP contribution < -0.4 is 9.47 Å². The summed E-state index contributed by atoms with van der Waals surface area (Å²) in [5.41, 5.74) is 8.06. The second-order valence-electron chi connectivity index (χ2n) is 13.5. The van der Waals surface area contributed by atoms with E-state index >= 15 is 0 Å². The molecule has 2 aliphatic carbocycles. The Morgan fingerprint density at radius 2 is 0.980 bits per heavy atom. The Morgan fingerprint density at radius 3 is 1.39 bits per heavy atom. The van der Waals surface area contributed by atoms with Gasteiger partial charge in [-0.1, -0.05) is 36.4 Å². The minimum Gasteiger partial charge on any atom is -0.497 e. The van der Waals surface area contributed by atoms with Gasteiger partial charge in [0, 0.05) is 45.6 Å². The van der Waals surface area contributed by atoms with Crippen molar-refractivity contribution in [3.63, 3.8) is 0 Å². The van der Waals surface area contributed by atoms with Gasteiger partial charge in [0.15, 0.2) is 0 Å². The van der Waals surface area contributed by atoms with Crippen LogP contribution in [-0.2, 0) is 29.9 Å². The zero-order valence-electron chi connectivity index (χ0n) is 29.1. The van der Waals surface area contributed by atoms with Gasteiger partial charge in [-0.25, -0.2) is 9.97 Å². The summed E-state index contributed by atoms with van der Waals surface area (Å²) in [6, 6.07) is 32.9. The number of rotatable bonds is 10. The molecule has 0 N–H and O–H groups in total. The van der Waals surface area contributed by atoms with Crippen molar-refractivity contribution in [2.24, 2.45) is 0 Å². The van der Waals surface area contributed by atoms with Gasteiger partial charge < -0.3 is 18.9 Å². The molecule has 8 rings (SSSR count). The number of carbonyl (C=O) groups is 2. The second-order valence-corrected chi connectivity index (χ2v) is 13.5. The number of benzene rings is 4. The van der Waals surface area contributed by atoms with E-state index < -0.39 is 10.8 Å². The zero-order chi connectivity index (χ0) is 35.3. The number of ether oxygens (including phenoxy) is 4. The fraction of sp³-hybridized carbons (Fsp3) is 0.256. The normalized spacial score (nSPS) is 18.1. The van der Waals surface area contributed by atoms with Crippen molar-refractivity contribution in [3.8, 4) is 34.0 Å². The number of pyridine rings is 2. The minimum absolute atomic E-state index is 0.167. The predicted molar refractivity (Wildman–Crippen MR) is 196 cm³/mol. The molecule has 0 amide bonds. The average Bonchev–Trinajstić information content (AvgIpc) is 3.58. The first kappa shape index (κ1) is 32.4. The number of para-hydroxylation sites is 2. The van der Waals surface area contributed by atoms with Crippen molar-refractivity contribution in [3.05, 3.63) is 119 Å². The van der Waals surface area contributed by atoms with E-state index in [-0.39, 0.29) is 24.8 Å². The first-order valence-electron chi connectivity index (χ1n) is 17.2. The summed E-state index contributed by atoms with van der Waals surface area (Å²) in [7, 11) is 6.18. The lowest BCUT2D eigenvalue weighted by Crippen LogP contribution is -2.39. The fourth-order valence-electron chi connectivity index (χ4n) is 8.61. The number of aromatic nitrogens is 2. The Morgan fingerprint density at radius 1 is 0.549 bits per heavy atom. The van der Waals surface area contributed by atoms with Crippen LogP contribution in [0.1, 0.15) is 54.4 Å². The molecule has 6 aromatic rings.